The van der Waals surface area contributed by atoms with Crippen molar-refractivity contribution in [3.8, 4) is 11.4 Å². The van der Waals surface area contributed by atoms with E-state index in [0.717, 1.165) is 10.9 Å². The zero-order valence-electron chi connectivity index (χ0n) is 10.2. The molecule has 2 N–H and O–H groups in total. The molecule has 5 nitrogen and oxygen atoms in total. The highest BCUT2D eigenvalue weighted by atomic mass is 16.4. The molecule has 0 bridgehead atoms. The van der Waals surface area contributed by atoms with Gasteiger partial charge in [0, 0.05) is 10.9 Å². The Hall–Kier alpha value is -2.69. The minimum Gasteiger partial charge on any atom is -0.478 e. The smallest absolute Gasteiger partial charge is 0.336 e. The van der Waals surface area contributed by atoms with E-state index < -0.39 is 5.97 Å². The number of aromatic carboxylic acids is 1. The second-order valence-corrected chi connectivity index (χ2v) is 4.26. The number of fused-ring (bicyclic) bond motifs is 1. The number of aromatic amines is 1. The number of rotatable bonds is 2. The Morgan fingerprint density at radius 2 is 1.95 bits per heavy atom. The number of aromatic nitrogens is 3. The van der Waals surface area contributed by atoms with Gasteiger partial charge >= 0.3 is 5.97 Å². The van der Waals surface area contributed by atoms with Gasteiger partial charge in [-0.2, -0.15) is 5.10 Å². The van der Waals surface area contributed by atoms with Crippen molar-refractivity contribution >= 4 is 16.7 Å². The van der Waals surface area contributed by atoms with Gasteiger partial charge < -0.3 is 5.11 Å². The van der Waals surface area contributed by atoms with Crippen LogP contribution < -0.4 is 0 Å². The van der Waals surface area contributed by atoms with E-state index in [0.29, 0.717) is 17.0 Å². The van der Waals surface area contributed by atoms with Crippen molar-refractivity contribution in [1.82, 2.24) is 15.2 Å². The second kappa shape index (κ2) is 4.20. The van der Waals surface area contributed by atoms with E-state index in [9.17, 15) is 9.90 Å². The Balaban J connectivity index is 2.39. The number of carbonyl (C=O) groups is 1. The highest BCUT2D eigenvalue weighted by Crippen LogP contribution is 2.29. The number of benzene rings is 2. The van der Waals surface area contributed by atoms with Crippen molar-refractivity contribution in [2.24, 2.45) is 0 Å². The molecular weight excluding hydrogens is 242 g/mol. The molecule has 0 saturated heterocycles. The topological polar surface area (TPSA) is 78.9 Å². The number of carboxylic acid groups (broad SMARTS) is 1. The maximum atomic E-state index is 11.4. The first-order chi connectivity index (χ1) is 9.16. The average molecular weight is 253 g/mol. The molecule has 0 aliphatic rings. The van der Waals surface area contributed by atoms with Crippen molar-refractivity contribution in [2.75, 3.05) is 0 Å². The third-order valence-electron chi connectivity index (χ3n) is 2.97. The fourth-order valence-corrected chi connectivity index (χ4v) is 2.17. The molecule has 5 heteroatoms. The fourth-order valence-electron chi connectivity index (χ4n) is 2.17. The lowest BCUT2D eigenvalue weighted by Crippen LogP contribution is -1.98. The van der Waals surface area contributed by atoms with Crippen LogP contribution in [0.4, 0.5) is 0 Å². The molecule has 0 aliphatic carbocycles. The molecule has 0 unspecified atom stereocenters. The van der Waals surface area contributed by atoms with Crippen LogP contribution in [0.1, 0.15) is 16.2 Å². The van der Waals surface area contributed by atoms with E-state index in [1.54, 1.807) is 19.1 Å². The molecule has 2 aromatic carbocycles. The predicted octanol–water partition coefficient (Wildman–Crippen LogP) is 2.63. The lowest BCUT2D eigenvalue weighted by atomic mass is 9.99. The fraction of sp³-hybridized carbons (Fsp3) is 0.0714. The first-order valence-electron chi connectivity index (χ1n) is 5.81. The Labute approximate surface area is 108 Å². The minimum absolute atomic E-state index is 0.260. The number of aryl methyl sites for hydroxylation is 1. The molecule has 0 atom stereocenters. The summed E-state index contributed by atoms with van der Waals surface area (Å²) in [7, 11) is 0. The number of carboxylic acids is 1. The zero-order chi connectivity index (χ0) is 13.4. The summed E-state index contributed by atoms with van der Waals surface area (Å²) >= 11 is 0. The molecule has 1 heterocycles. The van der Waals surface area contributed by atoms with Crippen LogP contribution in [0.2, 0.25) is 0 Å². The second-order valence-electron chi connectivity index (χ2n) is 4.26. The van der Waals surface area contributed by atoms with Crippen molar-refractivity contribution in [2.45, 2.75) is 6.92 Å². The van der Waals surface area contributed by atoms with Crippen LogP contribution in [0.25, 0.3) is 22.2 Å². The van der Waals surface area contributed by atoms with Gasteiger partial charge in [0.25, 0.3) is 0 Å². The summed E-state index contributed by atoms with van der Waals surface area (Å²) in [6, 6.07) is 10.8. The summed E-state index contributed by atoms with van der Waals surface area (Å²) in [6.45, 7) is 1.81. The number of nitrogens with zero attached hydrogens (tertiary/aromatic N) is 2. The zero-order valence-corrected chi connectivity index (χ0v) is 10.2. The van der Waals surface area contributed by atoms with Gasteiger partial charge in [0.15, 0.2) is 5.82 Å². The minimum atomic E-state index is -0.953. The quantitative estimate of drug-likeness (QED) is 0.735. The molecule has 0 spiro atoms. The van der Waals surface area contributed by atoms with Gasteiger partial charge in [-0.1, -0.05) is 30.3 Å². The van der Waals surface area contributed by atoms with Gasteiger partial charge in [-0.3, -0.25) is 5.10 Å². The molecular formula is C14H11N3O2. The largest absolute Gasteiger partial charge is 0.478 e. The van der Waals surface area contributed by atoms with Crippen molar-refractivity contribution < 1.29 is 9.90 Å². The van der Waals surface area contributed by atoms with Crippen LogP contribution in [0.15, 0.2) is 36.4 Å². The monoisotopic (exact) mass is 253 g/mol. The molecule has 1 aromatic heterocycles. The molecule has 94 valence electrons. The number of nitrogens with one attached hydrogen (secondary N) is 1. The maximum absolute atomic E-state index is 11.4. The summed E-state index contributed by atoms with van der Waals surface area (Å²) < 4.78 is 0. The first kappa shape index (κ1) is 11.4. The normalized spacial score (nSPS) is 10.8. The highest BCUT2D eigenvalue weighted by molar-refractivity contribution is 6.09. The summed E-state index contributed by atoms with van der Waals surface area (Å²) in [6.07, 6.45) is 0. The molecule has 0 radical (unpaired) electrons. The van der Waals surface area contributed by atoms with Crippen LogP contribution >= 0.6 is 0 Å². The van der Waals surface area contributed by atoms with E-state index in [-0.39, 0.29) is 5.56 Å². The van der Waals surface area contributed by atoms with Crippen molar-refractivity contribution in [3.63, 3.8) is 0 Å². The van der Waals surface area contributed by atoms with Gasteiger partial charge in [0.2, 0.25) is 0 Å². The van der Waals surface area contributed by atoms with Crippen molar-refractivity contribution in [1.29, 1.82) is 0 Å². The van der Waals surface area contributed by atoms with Gasteiger partial charge in [0.05, 0.1) is 5.56 Å². The van der Waals surface area contributed by atoms with E-state index >= 15 is 0 Å². The van der Waals surface area contributed by atoms with E-state index in [1.165, 1.54) is 0 Å². The molecule has 0 aliphatic heterocycles. The molecule has 3 rings (SSSR count). The Kier molecular flexibility index (Phi) is 2.52. The van der Waals surface area contributed by atoms with Gasteiger partial charge in [0.1, 0.15) is 5.82 Å². The molecule has 0 amide bonds. The van der Waals surface area contributed by atoms with Gasteiger partial charge in [-0.15, -0.1) is 0 Å². The number of H-pyrrole nitrogens is 1. The molecule has 19 heavy (non-hydrogen) atoms. The third kappa shape index (κ3) is 1.85. The standard InChI is InChI=1S/C14H11N3O2/c1-8-15-13(17-16-8)10-6-2-4-9-5-3-7-11(12(9)10)14(18)19/h2-7H,1H3,(H,18,19)(H,15,16,17). The molecule has 3 aromatic rings. The average Bonchev–Trinajstić information content (AvgIpc) is 2.83. The van der Waals surface area contributed by atoms with Crippen LogP contribution in [0, 0.1) is 6.92 Å². The third-order valence-corrected chi connectivity index (χ3v) is 2.97. The Morgan fingerprint density at radius 3 is 2.58 bits per heavy atom. The Morgan fingerprint density at radius 1 is 1.21 bits per heavy atom. The van der Waals surface area contributed by atoms with Gasteiger partial charge in [-0.25, -0.2) is 9.78 Å². The lowest BCUT2D eigenvalue weighted by molar-refractivity contribution is 0.0699. The van der Waals surface area contributed by atoms with Crippen LogP contribution in [-0.4, -0.2) is 26.3 Å². The van der Waals surface area contributed by atoms with Gasteiger partial charge in [-0.05, 0) is 18.4 Å². The first-order valence-corrected chi connectivity index (χ1v) is 5.81. The molecule has 0 saturated carbocycles. The number of hydrogen-bond acceptors (Lipinski definition) is 3. The summed E-state index contributed by atoms with van der Waals surface area (Å²) in [4.78, 5) is 15.6. The van der Waals surface area contributed by atoms with E-state index in [2.05, 4.69) is 15.2 Å². The van der Waals surface area contributed by atoms with Crippen LogP contribution in [0.5, 0.6) is 0 Å². The maximum Gasteiger partial charge on any atom is 0.336 e. The summed E-state index contributed by atoms with van der Waals surface area (Å²) in [5.74, 6) is 0.252. The van der Waals surface area contributed by atoms with E-state index in [1.807, 2.05) is 24.3 Å². The summed E-state index contributed by atoms with van der Waals surface area (Å²) in [5, 5.41) is 17.7. The predicted molar refractivity (Wildman–Crippen MR) is 71.0 cm³/mol. The SMILES string of the molecule is Cc1nc(-c2cccc3cccc(C(=O)O)c23)n[nH]1. The summed E-state index contributed by atoms with van der Waals surface area (Å²) in [5.41, 5.74) is 0.982. The number of hydrogen-bond donors (Lipinski definition) is 2. The van der Waals surface area contributed by atoms with Crippen LogP contribution in [-0.2, 0) is 0 Å². The van der Waals surface area contributed by atoms with E-state index in [4.69, 9.17) is 0 Å². The van der Waals surface area contributed by atoms with Crippen LogP contribution in [0.3, 0.4) is 0 Å². The highest BCUT2D eigenvalue weighted by Gasteiger charge is 2.14. The molecule has 0 fully saturated rings. The lowest BCUT2D eigenvalue weighted by Gasteiger charge is -2.06. The Bertz CT molecular complexity index is 772. The van der Waals surface area contributed by atoms with Crippen molar-refractivity contribution in [3.05, 3.63) is 47.8 Å².